The molecule has 3 rings (SSSR count). The number of pyridine rings is 1. The summed E-state index contributed by atoms with van der Waals surface area (Å²) in [5.74, 6) is -0.427. The highest BCUT2D eigenvalue weighted by atomic mass is 35.5. The molecule has 0 aliphatic carbocycles. The minimum absolute atomic E-state index is 0.0707. The summed E-state index contributed by atoms with van der Waals surface area (Å²) in [6, 6.07) is 6.84. The number of allylic oxidation sites excluding steroid dienone is 4. The molecular weight excluding hydrogens is 449 g/mol. The van der Waals surface area contributed by atoms with Crippen LogP contribution in [0, 0.1) is 19.7 Å². The SMILES string of the molecule is C=N/C=C\C(=NCNc1cc(C)ncc1C)C1=CC(=C)N(C(CC)c2ccc(Cl)c(F)c2)C=C1. The maximum absolute atomic E-state index is 14.1. The van der Waals surface area contributed by atoms with Gasteiger partial charge in [0.15, 0.2) is 0 Å². The lowest BCUT2D eigenvalue weighted by atomic mass is 9.99. The van der Waals surface area contributed by atoms with Gasteiger partial charge in [-0.25, -0.2) is 4.39 Å². The van der Waals surface area contributed by atoms with E-state index in [-0.39, 0.29) is 11.1 Å². The first kappa shape index (κ1) is 25.1. The molecular formula is C27H29ClFN5. The van der Waals surface area contributed by atoms with E-state index in [2.05, 4.69) is 35.5 Å². The average Bonchev–Trinajstić information content (AvgIpc) is 2.82. The summed E-state index contributed by atoms with van der Waals surface area (Å²) >= 11 is 5.87. The molecule has 1 aliphatic heterocycles. The van der Waals surface area contributed by atoms with Gasteiger partial charge in [-0.15, -0.1) is 0 Å². The Balaban J connectivity index is 1.81. The van der Waals surface area contributed by atoms with Crippen LogP contribution in [-0.4, -0.2) is 29.0 Å². The number of hydrogen-bond acceptors (Lipinski definition) is 5. The molecule has 0 bridgehead atoms. The second-order valence-electron chi connectivity index (χ2n) is 7.93. The number of benzene rings is 1. The maximum Gasteiger partial charge on any atom is 0.142 e. The van der Waals surface area contributed by atoms with Gasteiger partial charge in [-0.1, -0.05) is 31.2 Å². The summed E-state index contributed by atoms with van der Waals surface area (Å²) in [6.45, 7) is 14.1. The van der Waals surface area contributed by atoms with Crippen molar-refractivity contribution in [1.29, 1.82) is 0 Å². The number of rotatable bonds is 9. The molecule has 0 amide bonds. The van der Waals surface area contributed by atoms with Crippen LogP contribution in [-0.2, 0) is 0 Å². The smallest absolute Gasteiger partial charge is 0.142 e. The Hall–Kier alpha value is -3.51. The molecule has 0 spiro atoms. The van der Waals surface area contributed by atoms with Gasteiger partial charge in [0.05, 0.1) is 16.8 Å². The van der Waals surface area contributed by atoms with Crippen LogP contribution in [0.3, 0.4) is 0 Å². The third-order valence-electron chi connectivity index (χ3n) is 5.51. The summed E-state index contributed by atoms with van der Waals surface area (Å²) in [7, 11) is 0. The second kappa shape index (κ2) is 11.6. The molecule has 0 saturated carbocycles. The Morgan fingerprint density at radius 2 is 2.12 bits per heavy atom. The molecule has 1 N–H and O–H groups in total. The molecule has 1 aromatic carbocycles. The predicted octanol–water partition coefficient (Wildman–Crippen LogP) is 6.94. The number of hydrogen-bond donors (Lipinski definition) is 1. The van der Waals surface area contributed by atoms with E-state index in [0.717, 1.165) is 45.9 Å². The van der Waals surface area contributed by atoms with Gasteiger partial charge in [0.25, 0.3) is 0 Å². The van der Waals surface area contributed by atoms with E-state index in [1.54, 1.807) is 12.3 Å². The van der Waals surface area contributed by atoms with Crippen LogP contribution in [0.4, 0.5) is 10.1 Å². The molecule has 1 atom stereocenters. The molecule has 2 heterocycles. The van der Waals surface area contributed by atoms with Crippen molar-refractivity contribution in [3.63, 3.8) is 0 Å². The Bertz CT molecular complexity index is 1200. The Labute approximate surface area is 205 Å². The van der Waals surface area contributed by atoms with Crippen LogP contribution in [0.25, 0.3) is 0 Å². The van der Waals surface area contributed by atoms with Crippen LogP contribution in [0.15, 0.2) is 88.9 Å². The minimum atomic E-state index is -0.427. The van der Waals surface area contributed by atoms with Gasteiger partial charge < -0.3 is 10.2 Å². The number of aromatic nitrogens is 1. The molecule has 34 heavy (non-hydrogen) atoms. The molecule has 176 valence electrons. The lowest BCUT2D eigenvalue weighted by Gasteiger charge is -2.33. The Morgan fingerprint density at radius 1 is 1.32 bits per heavy atom. The minimum Gasteiger partial charge on any atom is -0.366 e. The predicted molar refractivity (Wildman–Crippen MR) is 141 cm³/mol. The number of nitrogens with one attached hydrogen (secondary N) is 1. The largest absolute Gasteiger partial charge is 0.366 e. The fraction of sp³-hybridized carbons (Fsp3) is 0.222. The lowest BCUT2D eigenvalue weighted by Crippen LogP contribution is -2.24. The average molecular weight is 478 g/mol. The van der Waals surface area contributed by atoms with Crippen molar-refractivity contribution in [2.75, 3.05) is 12.0 Å². The van der Waals surface area contributed by atoms with E-state index in [1.165, 1.54) is 6.07 Å². The van der Waals surface area contributed by atoms with Gasteiger partial charge in [0.2, 0.25) is 0 Å². The monoisotopic (exact) mass is 477 g/mol. The quantitative estimate of drug-likeness (QED) is 0.398. The van der Waals surface area contributed by atoms with Crippen LogP contribution in [0.1, 0.15) is 36.2 Å². The van der Waals surface area contributed by atoms with E-state index in [1.807, 2.05) is 61.5 Å². The van der Waals surface area contributed by atoms with Crippen molar-refractivity contribution in [2.45, 2.75) is 33.2 Å². The van der Waals surface area contributed by atoms with Gasteiger partial charge >= 0.3 is 0 Å². The van der Waals surface area contributed by atoms with E-state index in [0.29, 0.717) is 6.67 Å². The number of halogens is 2. The Kier molecular flexibility index (Phi) is 8.55. The highest BCUT2D eigenvalue weighted by Gasteiger charge is 2.21. The number of anilines is 1. The normalized spacial score (nSPS) is 15.0. The van der Waals surface area contributed by atoms with E-state index >= 15 is 0 Å². The summed E-state index contributed by atoms with van der Waals surface area (Å²) < 4.78 is 14.1. The van der Waals surface area contributed by atoms with Crippen LogP contribution in [0.5, 0.6) is 0 Å². The van der Waals surface area contributed by atoms with Crippen LogP contribution < -0.4 is 5.32 Å². The summed E-state index contributed by atoms with van der Waals surface area (Å²) in [5, 5.41) is 3.45. The first-order valence-corrected chi connectivity index (χ1v) is 11.4. The summed E-state index contributed by atoms with van der Waals surface area (Å²) in [4.78, 5) is 14.9. The van der Waals surface area contributed by atoms with Gasteiger partial charge in [-0.2, -0.15) is 0 Å². The number of aryl methyl sites for hydroxylation is 2. The molecule has 0 saturated heterocycles. The van der Waals surface area contributed by atoms with Crippen molar-refractivity contribution in [3.05, 3.63) is 107 Å². The van der Waals surface area contributed by atoms with Crippen LogP contribution >= 0.6 is 11.6 Å². The van der Waals surface area contributed by atoms with Gasteiger partial charge in [-0.3, -0.25) is 15.0 Å². The highest BCUT2D eigenvalue weighted by molar-refractivity contribution is 6.30. The fourth-order valence-corrected chi connectivity index (χ4v) is 3.84. The maximum atomic E-state index is 14.1. The van der Waals surface area contributed by atoms with Crippen molar-refractivity contribution in [3.8, 4) is 0 Å². The van der Waals surface area contributed by atoms with Crippen molar-refractivity contribution in [1.82, 2.24) is 9.88 Å². The van der Waals surface area contributed by atoms with Gasteiger partial charge in [0, 0.05) is 41.2 Å². The molecule has 1 aliphatic rings. The first-order chi connectivity index (χ1) is 16.3. The topological polar surface area (TPSA) is 52.9 Å². The molecule has 1 aromatic heterocycles. The highest BCUT2D eigenvalue weighted by Crippen LogP contribution is 2.32. The third kappa shape index (κ3) is 6.08. The molecule has 5 nitrogen and oxygen atoms in total. The standard InChI is InChI=1S/C27H29ClFN5/c1-6-27(22-7-8-23(28)24(29)15-22)34-12-10-21(14-20(34)4)25(9-11-30-5)32-17-33-26-13-19(3)31-16-18(26)2/h7-16,27H,4-6,17H2,1-3H3,(H,31,33)/b11-9-,32-25?. The zero-order chi connectivity index (χ0) is 24.7. The van der Waals surface area contributed by atoms with E-state index in [4.69, 9.17) is 16.6 Å². The molecule has 1 unspecified atom stereocenters. The lowest BCUT2D eigenvalue weighted by molar-refractivity contribution is 0.343. The first-order valence-electron chi connectivity index (χ1n) is 11.0. The fourth-order valence-electron chi connectivity index (χ4n) is 3.73. The van der Waals surface area contributed by atoms with Crippen LogP contribution in [0.2, 0.25) is 5.02 Å². The van der Waals surface area contributed by atoms with Gasteiger partial charge in [-0.05, 0) is 74.5 Å². The number of nitrogens with zero attached hydrogens (tertiary/aromatic N) is 4. The van der Waals surface area contributed by atoms with E-state index in [9.17, 15) is 4.39 Å². The molecule has 0 radical (unpaired) electrons. The third-order valence-corrected chi connectivity index (χ3v) is 5.82. The molecule has 0 fully saturated rings. The Morgan fingerprint density at radius 3 is 2.79 bits per heavy atom. The zero-order valence-electron chi connectivity index (χ0n) is 19.7. The van der Waals surface area contributed by atoms with E-state index < -0.39 is 5.82 Å². The van der Waals surface area contributed by atoms with Crippen molar-refractivity contribution < 1.29 is 4.39 Å². The van der Waals surface area contributed by atoms with Crippen molar-refractivity contribution in [2.24, 2.45) is 9.98 Å². The zero-order valence-corrected chi connectivity index (χ0v) is 20.5. The van der Waals surface area contributed by atoms with Gasteiger partial charge in [0.1, 0.15) is 12.5 Å². The number of aliphatic imine (C=N–C) groups is 2. The molecule has 7 heteroatoms. The molecule has 2 aromatic rings. The van der Waals surface area contributed by atoms with Crippen molar-refractivity contribution >= 4 is 29.7 Å². The summed E-state index contributed by atoms with van der Waals surface area (Å²) in [6.07, 6.45) is 11.9. The second-order valence-corrected chi connectivity index (χ2v) is 8.34. The summed E-state index contributed by atoms with van der Waals surface area (Å²) in [5.41, 5.74) is 6.23.